The molecule has 3 saturated carbocycles. The molecule has 3 N–H and O–H groups in total. The van der Waals surface area contributed by atoms with Gasteiger partial charge in [0, 0.05) is 44.1 Å². The van der Waals surface area contributed by atoms with Gasteiger partial charge in [-0.2, -0.15) is 0 Å². The Morgan fingerprint density at radius 3 is 2.21 bits per heavy atom. The van der Waals surface area contributed by atoms with Crippen LogP contribution in [0.1, 0.15) is 74.7 Å². The molecule has 5 nitrogen and oxygen atoms in total. The van der Waals surface area contributed by atoms with Gasteiger partial charge in [0.2, 0.25) is 11.8 Å². The fraction of sp³-hybridized carbons (Fsp3) is 0.640. The van der Waals surface area contributed by atoms with Crippen molar-refractivity contribution in [2.75, 3.05) is 0 Å². The molecule has 0 spiro atoms. The minimum atomic E-state index is -2.46. The maximum absolute atomic E-state index is 13.2. The van der Waals surface area contributed by atoms with Crippen molar-refractivity contribution in [3.63, 3.8) is 0 Å². The van der Waals surface area contributed by atoms with E-state index in [2.05, 4.69) is 9.97 Å². The van der Waals surface area contributed by atoms with Crippen LogP contribution in [0.3, 0.4) is 0 Å². The van der Waals surface area contributed by atoms with E-state index in [9.17, 15) is 27.2 Å². The highest BCUT2D eigenvalue weighted by molar-refractivity contribution is 6.03. The number of nitrogens with zero attached hydrogens (tertiary/aromatic N) is 1. The molecule has 1 amide bonds. The van der Waals surface area contributed by atoms with E-state index in [4.69, 9.17) is 5.73 Å². The number of aromatic amines is 1. The predicted molar refractivity (Wildman–Crippen MR) is 121 cm³/mol. The van der Waals surface area contributed by atoms with Gasteiger partial charge in [-0.1, -0.05) is 19.3 Å². The summed E-state index contributed by atoms with van der Waals surface area (Å²) < 4.78 is 52.4. The molecule has 5 rings (SSSR count). The van der Waals surface area contributed by atoms with E-state index in [-0.39, 0.29) is 48.1 Å². The molecule has 2 heterocycles. The lowest BCUT2D eigenvalue weighted by Crippen LogP contribution is -2.42. The molecule has 9 heteroatoms. The summed E-state index contributed by atoms with van der Waals surface area (Å²) in [5, 5.41) is 0.238. The van der Waals surface area contributed by atoms with Crippen molar-refractivity contribution >= 4 is 16.8 Å². The number of fused-ring (bicyclic) bond motifs is 1. The van der Waals surface area contributed by atoms with Crippen LogP contribution in [0, 0.1) is 23.7 Å². The van der Waals surface area contributed by atoms with Gasteiger partial charge in [0.15, 0.2) is 5.43 Å². The zero-order chi connectivity index (χ0) is 24.5. The number of rotatable bonds is 3. The number of hydrogen-bond donors (Lipinski definition) is 2. The first-order chi connectivity index (χ1) is 16.0. The quantitative estimate of drug-likeness (QED) is 0.553. The second-order valence-electron chi connectivity index (χ2n) is 10.2. The molecule has 34 heavy (non-hydrogen) atoms. The molecular formula is C25H31F4N3O2. The molecule has 3 aliphatic carbocycles. The minimum absolute atomic E-state index is 0.00403. The molecule has 0 bridgehead atoms. The third-order valence-corrected chi connectivity index (χ3v) is 7.88. The van der Waals surface area contributed by atoms with Crippen molar-refractivity contribution < 1.29 is 22.4 Å². The molecule has 0 aromatic carbocycles. The monoisotopic (exact) mass is 481 g/mol. The molecule has 0 aliphatic heterocycles. The topological polar surface area (TPSA) is 88.8 Å². The van der Waals surface area contributed by atoms with Gasteiger partial charge >= 0.3 is 0 Å². The number of amides is 1. The number of aromatic nitrogens is 2. The number of H-pyrrole nitrogens is 1. The summed E-state index contributed by atoms with van der Waals surface area (Å²) in [6.45, 7) is 0. The Hall–Kier alpha value is -2.45. The van der Waals surface area contributed by atoms with Crippen molar-refractivity contribution in [1.82, 2.24) is 9.97 Å². The molecule has 3 fully saturated rings. The SMILES string of the molecule is FC1(F)CCC(C2CCCC(C3CC(F)(F)C3)C2)CC1.NC(=O)c1nccc2[nH]ccc(=O)c12. The lowest BCUT2D eigenvalue weighted by molar-refractivity contribution is -0.133. The van der Waals surface area contributed by atoms with Gasteiger partial charge in [-0.05, 0) is 49.0 Å². The summed E-state index contributed by atoms with van der Waals surface area (Å²) in [5.74, 6) is -4.04. The Morgan fingerprint density at radius 1 is 0.941 bits per heavy atom. The molecule has 0 radical (unpaired) electrons. The minimum Gasteiger partial charge on any atom is -0.364 e. The number of pyridine rings is 2. The van der Waals surface area contributed by atoms with E-state index in [0.29, 0.717) is 36.1 Å². The van der Waals surface area contributed by atoms with E-state index < -0.39 is 17.8 Å². The van der Waals surface area contributed by atoms with E-state index in [0.717, 1.165) is 25.7 Å². The van der Waals surface area contributed by atoms with Crippen LogP contribution in [0.5, 0.6) is 0 Å². The fourth-order valence-electron chi connectivity index (χ4n) is 6.01. The van der Waals surface area contributed by atoms with Gasteiger partial charge in [-0.25, -0.2) is 17.6 Å². The van der Waals surface area contributed by atoms with Gasteiger partial charge in [-0.3, -0.25) is 14.6 Å². The molecular weight excluding hydrogens is 450 g/mol. The van der Waals surface area contributed by atoms with Crippen molar-refractivity contribution in [2.45, 2.75) is 76.1 Å². The van der Waals surface area contributed by atoms with Crippen molar-refractivity contribution in [3.05, 3.63) is 40.4 Å². The van der Waals surface area contributed by atoms with Crippen LogP contribution in [0.25, 0.3) is 10.9 Å². The van der Waals surface area contributed by atoms with Gasteiger partial charge in [0.25, 0.3) is 5.91 Å². The van der Waals surface area contributed by atoms with E-state index in [1.807, 2.05) is 0 Å². The average Bonchev–Trinajstić information content (AvgIpc) is 2.78. The summed E-state index contributed by atoms with van der Waals surface area (Å²) in [4.78, 5) is 29.0. The molecule has 186 valence electrons. The first-order valence-electron chi connectivity index (χ1n) is 12.1. The highest BCUT2D eigenvalue weighted by Gasteiger charge is 2.49. The standard InChI is InChI=1S/C16H24F4.C9H7N3O2/c17-15(18)6-4-11(5-7-15)12-2-1-3-13(8-12)14-9-16(19,20)10-14;10-9(14)8-7-5(1-3-12-8)11-4-2-6(7)13/h11-14H,1-10H2;1-4H,(H2,10,14)(H,11,13). The van der Waals surface area contributed by atoms with Crippen molar-refractivity contribution in [2.24, 2.45) is 29.4 Å². The molecule has 2 atom stereocenters. The zero-order valence-corrected chi connectivity index (χ0v) is 19.0. The Morgan fingerprint density at radius 2 is 1.59 bits per heavy atom. The maximum atomic E-state index is 13.2. The van der Waals surface area contributed by atoms with Crippen LogP contribution in [0.2, 0.25) is 0 Å². The molecule has 2 unspecified atom stereocenters. The first-order valence-corrected chi connectivity index (χ1v) is 12.1. The summed E-state index contributed by atoms with van der Waals surface area (Å²) in [7, 11) is 0. The molecule has 2 aromatic heterocycles. The highest BCUT2D eigenvalue weighted by Crippen LogP contribution is 2.52. The number of alkyl halides is 4. The fourth-order valence-corrected chi connectivity index (χ4v) is 6.01. The van der Waals surface area contributed by atoms with Crippen LogP contribution >= 0.6 is 0 Å². The van der Waals surface area contributed by atoms with Crippen LogP contribution in [0.4, 0.5) is 17.6 Å². The number of carbonyl (C=O) groups is 1. The van der Waals surface area contributed by atoms with E-state index in [1.54, 1.807) is 6.07 Å². The Labute approximate surface area is 195 Å². The number of carbonyl (C=O) groups excluding carboxylic acids is 1. The molecule has 2 aromatic rings. The summed E-state index contributed by atoms with van der Waals surface area (Å²) in [6, 6.07) is 2.94. The third-order valence-electron chi connectivity index (χ3n) is 7.88. The number of hydrogen-bond acceptors (Lipinski definition) is 3. The first kappa shape index (κ1) is 24.7. The summed E-state index contributed by atoms with van der Waals surface area (Å²) >= 11 is 0. The largest absolute Gasteiger partial charge is 0.364 e. The van der Waals surface area contributed by atoms with Crippen LogP contribution in [0.15, 0.2) is 29.3 Å². The average molecular weight is 482 g/mol. The molecule has 0 saturated heterocycles. The molecule has 3 aliphatic rings. The number of halogens is 4. The number of nitrogens with two attached hydrogens (primary N) is 1. The lowest BCUT2D eigenvalue weighted by atomic mass is 9.62. The van der Waals surface area contributed by atoms with Gasteiger partial charge in [0.1, 0.15) is 5.69 Å². The normalized spacial score (nSPS) is 26.8. The predicted octanol–water partition coefficient (Wildman–Crippen LogP) is 5.69. The maximum Gasteiger partial charge on any atom is 0.268 e. The summed E-state index contributed by atoms with van der Waals surface area (Å²) in [6.07, 6.45) is 8.68. The Balaban J connectivity index is 0.000000172. The number of primary amides is 1. The second-order valence-corrected chi connectivity index (χ2v) is 10.2. The van der Waals surface area contributed by atoms with Crippen LogP contribution in [-0.4, -0.2) is 27.7 Å². The van der Waals surface area contributed by atoms with Crippen molar-refractivity contribution in [3.8, 4) is 0 Å². The van der Waals surface area contributed by atoms with Gasteiger partial charge in [0.05, 0.1) is 10.9 Å². The third kappa shape index (κ3) is 5.61. The Bertz CT molecular complexity index is 1060. The second kappa shape index (κ2) is 9.66. The smallest absolute Gasteiger partial charge is 0.268 e. The van der Waals surface area contributed by atoms with Crippen LogP contribution in [-0.2, 0) is 0 Å². The highest BCUT2D eigenvalue weighted by atomic mass is 19.3. The van der Waals surface area contributed by atoms with Gasteiger partial charge < -0.3 is 10.7 Å². The van der Waals surface area contributed by atoms with Crippen molar-refractivity contribution in [1.29, 1.82) is 0 Å². The van der Waals surface area contributed by atoms with Gasteiger partial charge in [-0.15, -0.1) is 0 Å². The zero-order valence-electron chi connectivity index (χ0n) is 19.0. The van der Waals surface area contributed by atoms with Crippen LogP contribution < -0.4 is 11.2 Å². The Kier molecular flexibility index (Phi) is 7.01. The van der Waals surface area contributed by atoms with E-state index >= 15 is 0 Å². The lowest BCUT2D eigenvalue weighted by Gasteiger charge is -2.45. The van der Waals surface area contributed by atoms with E-state index in [1.165, 1.54) is 18.5 Å². The number of nitrogens with one attached hydrogen (secondary N) is 1. The summed E-state index contributed by atoms with van der Waals surface area (Å²) in [5.41, 5.74) is 5.39.